The highest BCUT2D eigenvalue weighted by molar-refractivity contribution is 7.80. The molecule has 8 nitrogen and oxygen atoms in total. The first-order chi connectivity index (χ1) is 14.2. The second-order valence-electron chi connectivity index (χ2n) is 7.31. The van der Waals surface area contributed by atoms with Gasteiger partial charge in [0.05, 0.1) is 16.9 Å². The Bertz CT molecular complexity index is 979. The monoisotopic (exact) mass is 428 g/mol. The van der Waals surface area contributed by atoms with Crippen molar-refractivity contribution in [1.29, 1.82) is 0 Å². The zero-order chi connectivity index (χ0) is 21.9. The summed E-state index contributed by atoms with van der Waals surface area (Å²) in [7, 11) is 0. The normalized spacial score (nSPS) is 19.0. The van der Waals surface area contributed by atoms with Crippen molar-refractivity contribution < 1.29 is 24.4 Å². The summed E-state index contributed by atoms with van der Waals surface area (Å²) in [6.07, 6.45) is -1.27. The highest BCUT2D eigenvalue weighted by atomic mass is 32.1. The SMILES string of the molecule is CC1(CC(=S)c2ccccc2)CC(=O)N1C(O)C(=O)OCc1ccc([N+](=O)[O-])cc1. The molecule has 0 aliphatic carbocycles. The fraction of sp³-hybridized carbons (Fsp3) is 0.286. The fourth-order valence-corrected chi connectivity index (χ4v) is 3.85. The molecule has 0 aromatic heterocycles. The highest BCUT2D eigenvalue weighted by Gasteiger charge is 2.52. The van der Waals surface area contributed by atoms with E-state index in [4.69, 9.17) is 17.0 Å². The van der Waals surface area contributed by atoms with E-state index in [1.165, 1.54) is 24.3 Å². The Kier molecular flexibility index (Phi) is 6.23. The number of aliphatic hydroxyl groups is 1. The number of ether oxygens (including phenoxy) is 1. The van der Waals surface area contributed by atoms with Crippen LogP contribution in [0.1, 0.15) is 30.9 Å². The molecule has 2 atom stereocenters. The number of hydrogen-bond acceptors (Lipinski definition) is 7. The molecule has 1 fully saturated rings. The van der Waals surface area contributed by atoms with E-state index in [1.54, 1.807) is 6.92 Å². The van der Waals surface area contributed by atoms with E-state index in [0.717, 1.165) is 10.5 Å². The van der Waals surface area contributed by atoms with Gasteiger partial charge in [0.2, 0.25) is 12.1 Å². The van der Waals surface area contributed by atoms with Crippen LogP contribution in [0.5, 0.6) is 0 Å². The average Bonchev–Trinajstić information content (AvgIpc) is 2.72. The van der Waals surface area contributed by atoms with E-state index in [9.17, 15) is 24.8 Å². The molecule has 1 N–H and O–H groups in total. The van der Waals surface area contributed by atoms with Gasteiger partial charge in [-0.25, -0.2) is 4.79 Å². The maximum atomic E-state index is 12.3. The van der Waals surface area contributed by atoms with E-state index in [-0.39, 0.29) is 24.6 Å². The molecule has 1 aliphatic rings. The minimum Gasteiger partial charge on any atom is -0.457 e. The van der Waals surface area contributed by atoms with Crippen LogP contribution in [0.25, 0.3) is 0 Å². The first-order valence-corrected chi connectivity index (χ1v) is 9.60. The van der Waals surface area contributed by atoms with Gasteiger partial charge in [-0.3, -0.25) is 14.9 Å². The number of hydrogen-bond donors (Lipinski definition) is 1. The molecule has 1 amide bonds. The molecule has 1 heterocycles. The molecule has 0 radical (unpaired) electrons. The summed E-state index contributed by atoms with van der Waals surface area (Å²) in [5.74, 6) is -1.34. The van der Waals surface area contributed by atoms with Crippen molar-refractivity contribution in [2.24, 2.45) is 0 Å². The second-order valence-corrected chi connectivity index (χ2v) is 7.80. The maximum absolute atomic E-state index is 12.3. The van der Waals surface area contributed by atoms with Crippen molar-refractivity contribution in [2.45, 2.75) is 38.1 Å². The van der Waals surface area contributed by atoms with Crippen molar-refractivity contribution in [2.75, 3.05) is 0 Å². The first kappa shape index (κ1) is 21.5. The minimum absolute atomic E-state index is 0.0820. The van der Waals surface area contributed by atoms with Crippen LogP contribution in [-0.2, 0) is 20.9 Å². The van der Waals surface area contributed by atoms with Crippen LogP contribution < -0.4 is 0 Å². The van der Waals surface area contributed by atoms with E-state index < -0.39 is 22.7 Å². The molecule has 1 saturated heterocycles. The van der Waals surface area contributed by atoms with E-state index >= 15 is 0 Å². The minimum atomic E-state index is -1.76. The maximum Gasteiger partial charge on any atom is 0.356 e. The van der Waals surface area contributed by atoms with Crippen molar-refractivity contribution in [3.05, 3.63) is 75.8 Å². The predicted molar refractivity (Wildman–Crippen MR) is 112 cm³/mol. The van der Waals surface area contributed by atoms with Crippen molar-refractivity contribution in [1.82, 2.24) is 4.90 Å². The third-order valence-electron chi connectivity index (χ3n) is 5.00. The van der Waals surface area contributed by atoms with Crippen LogP contribution in [0, 0.1) is 10.1 Å². The number of nitro benzene ring substituents is 1. The number of carbonyl (C=O) groups is 2. The van der Waals surface area contributed by atoms with Crippen molar-refractivity contribution in [3.8, 4) is 0 Å². The zero-order valence-corrected chi connectivity index (χ0v) is 17.0. The summed E-state index contributed by atoms with van der Waals surface area (Å²) in [5.41, 5.74) is 0.490. The molecular formula is C21H20N2O6S. The lowest BCUT2D eigenvalue weighted by Gasteiger charge is -2.51. The topological polar surface area (TPSA) is 110 Å². The third kappa shape index (κ3) is 4.52. The number of amides is 1. The van der Waals surface area contributed by atoms with Gasteiger partial charge in [0.1, 0.15) is 6.61 Å². The lowest BCUT2D eigenvalue weighted by molar-refractivity contribution is -0.384. The van der Waals surface area contributed by atoms with Gasteiger partial charge >= 0.3 is 5.97 Å². The lowest BCUT2D eigenvalue weighted by Crippen LogP contribution is -2.67. The van der Waals surface area contributed by atoms with Crippen LogP contribution in [0.3, 0.4) is 0 Å². The summed E-state index contributed by atoms with van der Waals surface area (Å²) in [6.45, 7) is 1.57. The Hall–Kier alpha value is -3.17. The molecule has 2 unspecified atom stereocenters. The van der Waals surface area contributed by atoms with E-state index in [2.05, 4.69) is 0 Å². The second kappa shape index (κ2) is 8.68. The van der Waals surface area contributed by atoms with Gasteiger partial charge in [0.25, 0.3) is 5.69 Å². The Labute approximate surface area is 178 Å². The number of β-lactam (4-membered cyclic amide) rings is 1. The van der Waals surface area contributed by atoms with Gasteiger partial charge in [-0.15, -0.1) is 0 Å². The van der Waals surface area contributed by atoms with Gasteiger partial charge in [0, 0.05) is 23.4 Å². The molecule has 3 rings (SSSR count). The predicted octanol–water partition coefficient (Wildman–Crippen LogP) is 2.76. The molecule has 0 saturated carbocycles. The molecule has 9 heteroatoms. The van der Waals surface area contributed by atoms with Gasteiger partial charge in [-0.1, -0.05) is 42.5 Å². The molecule has 156 valence electrons. The number of likely N-dealkylation sites (tertiary alicyclic amines) is 1. The standard InChI is InChI=1S/C21H20N2O6S/c1-21(11-17(30)15-5-3-2-4-6-15)12-18(24)22(21)19(25)20(26)29-13-14-7-9-16(10-8-14)23(27)28/h2-10,19,25H,11-13H2,1H3. The Morgan fingerprint density at radius 2 is 1.90 bits per heavy atom. The van der Waals surface area contributed by atoms with Gasteiger partial charge in [0.15, 0.2) is 0 Å². The Morgan fingerprint density at radius 1 is 1.27 bits per heavy atom. The number of aliphatic hydroxyl groups excluding tert-OH is 1. The summed E-state index contributed by atoms with van der Waals surface area (Å²) in [5, 5.41) is 21.1. The number of thiocarbonyl (C=S) groups is 1. The number of esters is 1. The number of nitro groups is 1. The van der Waals surface area contributed by atoms with Crippen LogP contribution in [0.4, 0.5) is 5.69 Å². The molecule has 0 bridgehead atoms. The fourth-order valence-electron chi connectivity index (χ4n) is 3.41. The van der Waals surface area contributed by atoms with Gasteiger partial charge in [-0.2, -0.15) is 0 Å². The summed E-state index contributed by atoms with van der Waals surface area (Å²) < 4.78 is 5.09. The van der Waals surface area contributed by atoms with Crippen LogP contribution in [-0.4, -0.2) is 43.4 Å². The molecule has 30 heavy (non-hydrogen) atoms. The first-order valence-electron chi connectivity index (χ1n) is 9.20. The number of non-ortho nitro benzene ring substituents is 1. The van der Waals surface area contributed by atoms with Gasteiger partial charge in [-0.05, 0) is 30.2 Å². The highest BCUT2D eigenvalue weighted by Crippen LogP contribution is 2.37. The van der Waals surface area contributed by atoms with Crippen LogP contribution >= 0.6 is 12.2 Å². The summed E-state index contributed by atoms with van der Waals surface area (Å²) >= 11 is 5.47. The Balaban J connectivity index is 1.61. The summed E-state index contributed by atoms with van der Waals surface area (Å²) in [6, 6.07) is 14.8. The lowest BCUT2D eigenvalue weighted by atomic mass is 9.80. The van der Waals surface area contributed by atoms with Gasteiger partial charge < -0.3 is 14.7 Å². The van der Waals surface area contributed by atoms with Crippen molar-refractivity contribution >= 4 is 34.6 Å². The smallest absolute Gasteiger partial charge is 0.356 e. The van der Waals surface area contributed by atoms with Crippen molar-refractivity contribution in [3.63, 3.8) is 0 Å². The molecule has 1 aliphatic heterocycles. The zero-order valence-electron chi connectivity index (χ0n) is 16.2. The van der Waals surface area contributed by atoms with E-state index in [1.807, 2.05) is 30.3 Å². The number of carbonyl (C=O) groups excluding carboxylic acids is 2. The quantitative estimate of drug-likeness (QED) is 0.172. The largest absolute Gasteiger partial charge is 0.457 e. The molecule has 2 aromatic rings. The molecule has 0 spiro atoms. The molecule has 2 aromatic carbocycles. The summed E-state index contributed by atoms with van der Waals surface area (Å²) in [4.78, 5) is 36.3. The third-order valence-corrected chi connectivity index (χ3v) is 5.38. The van der Waals surface area contributed by atoms with Crippen LogP contribution in [0.2, 0.25) is 0 Å². The number of benzene rings is 2. The average molecular weight is 428 g/mol. The number of rotatable bonds is 8. The number of nitrogens with zero attached hydrogens (tertiary/aromatic N) is 2. The van der Waals surface area contributed by atoms with Crippen LogP contribution in [0.15, 0.2) is 54.6 Å². The molecular weight excluding hydrogens is 408 g/mol. The Morgan fingerprint density at radius 3 is 2.47 bits per heavy atom. The van der Waals surface area contributed by atoms with E-state index in [0.29, 0.717) is 16.8 Å².